The van der Waals surface area contributed by atoms with E-state index >= 15 is 0 Å². The van der Waals surface area contributed by atoms with E-state index in [1.54, 1.807) is 22.6 Å². The van der Waals surface area contributed by atoms with E-state index in [1.165, 1.54) is 0 Å². The van der Waals surface area contributed by atoms with Gasteiger partial charge in [0.15, 0.2) is 0 Å². The average molecular weight is 440 g/mol. The van der Waals surface area contributed by atoms with Crippen LogP contribution in [0.25, 0.3) is 0 Å². The summed E-state index contributed by atoms with van der Waals surface area (Å²) in [6.45, 7) is 2.25. The Bertz CT molecular complexity index is 472. The topological polar surface area (TPSA) is 80.7 Å². The summed E-state index contributed by atoms with van der Waals surface area (Å²) in [6, 6.07) is 0. The van der Waals surface area contributed by atoms with Crippen LogP contribution in [-0.4, -0.2) is 40.9 Å². The number of carbonyl (C=O) groups is 1. The average Bonchev–Trinajstić information content (AvgIpc) is 2.21. The summed E-state index contributed by atoms with van der Waals surface area (Å²) in [5.41, 5.74) is -1.54. The van der Waals surface area contributed by atoms with Crippen LogP contribution in [0.4, 0.5) is 22.0 Å². The number of hydrogen-bond donors (Lipinski definition) is 1. The Balaban J connectivity index is 5.62. The normalized spacial score (nSPS) is 15.8. The second-order valence-electron chi connectivity index (χ2n) is 4.38. The molecule has 0 radical (unpaired) electrons. The van der Waals surface area contributed by atoms with Gasteiger partial charge in [-0.2, -0.15) is 30.4 Å². The fourth-order valence-corrected chi connectivity index (χ4v) is 1.55. The van der Waals surface area contributed by atoms with Gasteiger partial charge in [0.25, 0.3) is 6.10 Å². The smallest absolute Gasteiger partial charge is 0.432 e. The summed E-state index contributed by atoms with van der Waals surface area (Å²) in [6.07, 6.45) is -10.2. The molecule has 1 atom stereocenters. The molecule has 1 unspecified atom stereocenters. The Labute approximate surface area is 124 Å². The molecule has 0 aromatic carbocycles. The number of rotatable bonds is 5. The molecule has 0 aliphatic carbocycles. The van der Waals surface area contributed by atoms with Crippen LogP contribution in [0.3, 0.4) is 0 Å². The highest BCUT2D eigenvalue weighted by atomic mass is 127. The molecule has 5 nitrogen and oxygen atoms in total. The van der Waals surface area contributed by atoms with Gasteiger partial charge in [-0.25, -0.2) is 0 Å². The SMILES string of the molecule is CC(C)(CI)C(=O)OC(C(F)(F)F)C(F)(F)S(=O)(=O)O. The molecule has 0 spiro atoms. The van der Waals surface area contributed by atoms with E-state index in [4.69, 9.17) is 4.55 Å². The fourth-order valence-electron chi connectivity index (χ4n) is 0.782. The Kier molecular flexibility index (Phi) is 5.80. The van der Waals surface area contributed by atoms with Gasteiger partial charge in [-0.05, 0) is 13.8 Å². The van der Waals surface area contributed by atoms with Gasteiger partial charge >= 0.3 is 27.5 Å². The number of carbonyl (C=O) groups excluding carboxylic acids is 1. The number of ether oxygens (including phenoxy) is 1. The molecule has 0 amide bonds. The number of hydrogen-bond acceptors (Lipinski definition) is 4. The predicted molar refractivity (Wildman–Crippen MR) is 65.1 cm³/mol. The minimum absolute atomic E-state index is 0.0639. The maximum atomic E-state index is 13.1. The van der Waals surface area contributed by atoms with Crippen LogP contribution in [0.15, 0.2) is 0 Å². The molecule has 0 heterocycles. The lowest BCUT2D eigenvalue weighted by Crippen LogP contribution is -2.53. The molecule has 12 heteroatoms. The van der Waals surface area contributed by atoms with Gasteiger partial charge in [0.1, 0.15) is 0 Å². The summed E-state index contributed by atoms with van der Waals surface area (Å²) >= 11 is 1.61. The molecule has 0 fully saturated rings. The number of halogens is 6. The summed E-state index contributed by atoms with van der Waals surface area (Å²) in [7, 11) is -6.41. The number of esters is 1. The third-order valence-corrected chi connectivity index (χ3v) is 4.87. The molecule has 1 N–H and O–H groups in total. The van der Waals surface area contributed by atoms with Crippen LogP contribution in [0, 0.1) is 5.41 Å². The number of alkyl halides is 6. The molecule has 0 aromatic heterocycles. The fraction of sp³-hybridized carbons (Fsp3) is 0.875. The van der Waals surface area contributed by atoms with E-state index in [9.17, 15) is 35.2 Å². The molecule has 0 aliphatic rings. The first-order valence-corrected chi connectivity index (χ1v) is 7.72. The summed E-state index contributed by atoms with van der Waals surface area (Å²) in [5, 5.41) is -5.71. The van der Waals surface area contributed by atoms with Crippen molar-refractivity contribution in [1.82, 2.24) is 0 Å². The van der Waals surface area contributed by atoms with Gasteiger partial charge in [-0.15, -0.1) is 0 Å². The Morgan fingerprint density at radius 2 is 1.65 bits per heavy atom. The molecule has 120 valence electrons. The van der Waals surface area contributed by atoms with E-state index in [0.717, 1.165) is 13.8 Å². The lowest BCUT2D eigenvalue weighted by molar-refractivity contribution is -0.262. The minimum atomic E-state index is -6.41. The first-order chi connectivity index (χ1) is 8.57. The zero-order valence-corrected chi connectivity index (χ0v) is 13.0. The van der Waals surface area contributed by atoms with E-state index in [-0.39, 0.29) is 4.43 Å². The summed E-state index contributed by atoms with van der Waals surface area (Å²) in [4.78, 5) is 11.4. The van der Waals surface area contributed by atoms with Gasteiger partial charge in [0.2, 0.25) is 0 Å². The van der Waals surface area contributed by atoms with Crippen molar-refractivity contribution in [3.63, 3.8) is 0 Å². The van der Waals surface area contributed by atoms with Crippen molar-refractivity contribution in [2.45, 2.75) is 31.4 Å². The first-order valence-electron chi connectivity index (χ1n) is 4.76. The molecular weight excluding hydrogens is 430 g/mol. The largest absolute Gasteiger partial charge is 0.444 e. The Morgan fingerprint density at radius 1 is 1.25 bits per heavy atom. The molecule has 0 saturated heterocycles. The van der Waals surface area contributed by atoms with Gasteiger partial charge in [-0.3, -0.25) is 9.35 Å². The van der Waals surface area contributed by atoms with Crippen molar-refractivity contribution < 1.29 is 44.5 Å². The predicted octanol–water partition coefficient (Wildman–Crippen LogP) is 2.40. The van der Waals surface area contributed by atoms with Crippen LogP contribution in [0.1, 0.15) is 13.8 Å². The zero-order valence-electron chi connectivity index (χ0n) is 10.0. The highest BCUT2D eigenvalue weighted by molar-refractivity contribution is 14.1. The van der Waals surface area contributed by atoms with Gasteiger partial charge < -0.3 is 4.74 Å². The maximum absolute atomic E-state index is 13.1. The van der Waals surface area contributed by atoms with Crippen LogP contribution >= 0.6 is 22.6 Å². The Hall–Kier alpha value is -0.240. The molecule has 0 rings (SSSR count). The van der Waals surface area contributed by atoms with E-state index < -0.39 is 39.0 Å². The lowest BCUT2D eigenvalue weighted by Gasteiger charge is -2.29. The highest BCUT2D eigenvalue weighted by Gasteiger charge is 2.66. The second kappa shape index (κ2) is 5.87. The first kappa shape index (κ1) is 19.8. The minimum Gasteiger partial charge on any atom is -0.444 e. The van der Waals surface area contributed by atoms with Gasteiger partial charge in [0.05, 0.1) is 5.41 Å². The van der Waals surface area contributed by atoms with E-state index in [1.807, 2.05) is 0 Å². The van der Waals surface area contributed by atoms with Crippen LogP contribution < -0.4 is 0 Å². The van der Waals surface area contributed by atoms with Crippen molar-refractivity contribution in [3.05, 3.63) is 0 Å². The van der Waals surface area contributed by atoms with Crippen molar-refractivity contribution in [3.8, 4) is 0 Å². The van der Waals surface area contributed by atoms with Crippen LogP contribution in [0.5, 0.6) is 0 Å². The quantitative estimate of drug-likeness (QED) is 0.234. The monoisotopic (exact) mass is 440 g/mol. The van der Waals surface area contributed by atoms with E-state index in [2.05, 4.69) is 4.74 Å². The third-order valence-electron chi connectivity index (χ3n) is 2.06. The highest BCUT2D eigenvalue weighted by Crippen LogP contribution is 2.39. The zero-order chi connectivity index (χ0) is 16.6. The molecule has 0 aliphatic heterocycles. The molecule has 0 aromatic rings. The van der Waals surface area contributed by atoms with Gasteiger partial charge in [0, 0.05) is 4.43 Å². The van der Waals surface area contributed by atoms with Gasteiger partial charge in [-0.1, -0.05) is 22.6 Å². The van der Waals surface area contributed by atoms with E-state index in [0.29, 0.717) is 0 Å². The molecular formula is C8H10F5IO5S. The summed E-state index contributed by atoms with van der Waals surface area (Å²) in [5.74, 6) is -1.67. The maximum Gasteiger partial charge on any atom is 0.432 e. The molecule has 0 bridgehead atoms. The van der Waals surface area contributed by atoms with Crippen molar-refractivity contribution in [1.29, 1.82) is 0 Å². The standard InChI is InChI=1S/C8H10F5IO5S/c1-6(2,3-14)5(15)19-4(7(9,10)11)8(12,13)20(16,17)18/h4H,3H2,1-2H3,(H,16,17,18). The molecule has 0 saturated carbocycles. The second-order valence-corrected chi connectivity index (χ2v) is 6.64. The van der Waals surface area contributed by atoms with Crippen molar-refractivity contribution >= 4 is 38.7 Å². The summed E-state index contributed by atoms with van der Waals surface area (Å²) < 4.78 is 96.0. The van der Waals surface area contributed by atoms with Crippen molar-refractivity contribution in [2.24, 2.45) is 5.41 Å². The van der Waals surface area contributed by atoms with Crippen LogP contribution in [-0.2, 0) is 19.6 Å². The lowest BCUT2D eigenvalue weighted by atomic mass is 9.97. The Morgan fingerprint density at radius 3 is 1.90 bits per heavy atom. The third kappa shape index (κ3) is 4.38. The van der Waals surface area contributed by atoms with Crippen molar-refractivity contribution in [2.75, 3.05) is 4.43 Å². The molecule has 20 heavy (non-hydrogen) atoms. The van der Waals surface area contributed by atoms with Crippen LogP contribution in [0.2, 0.25) is 0 Å².